The summed E-state index contributed by atoms with van der Waals surface area (Å²) in [4.78, 5) is 24.7. The lowest BCUT2D eigenvalue weighted by Gasteiger charge is -2.28. The van der Waals surface area contributed by atoms with E-state index in [1.807, 2.05) is 6.92 Å². The average molecular weight is 244 g/mol. The van der Waals surface area contributed by atoms with Crippen molar-refractivity contribution in [1.82, 2.24) is 10.2 Å². The highest BCUT2D eigenvalue weighted by Gasteiger charge is 2.26. The summed E-state index contributed by atoms with van der Waals surface area (Å²) in [5.74, 6) is -0.166. The number of nitrogens with one attached hydrogen (secondary N) is 1. The van der Waals surface area contributed by atoms with Crippen LogP contribution in [0.4, 0.5) is 4.79 Å². The maximum Gasteiger partial charge on any atom is 0.410 e. The van der Waals surface area contributed by atoms with Crippen LogP contribution in [-0.2, 0) is 9.53 Å². The normalized spacial score (nSPS) is 12.8. The van der Waals surface area contributed by atoms with Crippen molar-refractivity contribution in [3.63, 3.8) is 0 Å². The third kappa shape index (κ3) is 6.14. The van der Waals surface area contributed by atoms with E-state index in [-0.39, 0.29) is 5.91 Å². The summed E-state index contributed by atoms with van der Waals surface area (Å²) in [5, 5.41) is 2.74. The van der Waals surface area contributed by atoms with Gasteiger partial charge in [0.1, 0.15) is 11.6 Å². The van der Waals surface area contributed by atoms with Gasteiger partial charge in [0.25, 0.3) is 0 Å². The van der Waals surface area contributed by atoms with Gasteiger partial charge in [-0.2, -0.15) is 0 Å². The van der Waals surface area contributed by atoms with Crippen molar-refractivity contribution in [3.8, 4) is 0 Å². The summed E-state index contributed by atoms with van der Waals surface area (Å²) >= 11 is 0. The first kappa shape index (κ1) is 15.7. The van der Waals surface area contributed by atoms with Crippen LogP contribution in [0, 0.1) is 0 Å². The number of likely N-dealkylation sites (N-methyl/N-ethyl adjacent to an activating group) is 1. The Kier molecular flexibility index (Phi) is 5.99. The number of amides is 2. The van der Waals surface area contributed by atoms with Gasteiger partial charge in [-0.25, -0.2) is 4.79 Å². The first-order valence-electron chi connectivity index (χ1n) is 5.92. The van der Waals surface area contributed by atoms with Gasteiger partial charge in [-0.1, -0.05) is 6.92 Å². The molecular formula is C12H24N2O3. The van der Waals surface area contributed by atoms with Crippen molar-refractivity contribution in [2.45, 2.75) is 52.7 Å². The molecule has 0 aromatic carbocycles. The fourth-order valence-corrected chi connectivity index (χ4v) is 1.06. The van der Waals surface area contributed by atoms with Crippen LogP contribution in [0.5, 0.6) is 0 Å². The predicted octanol–water partition coefficient (Wildman–Crippen LogP) is 1.77. The Bertz CT molecular complexity index is 271. The highest BCUT2D eigenvalue weighted by molar-refractivity contribution is 5.85. The summed E-state index contributed by atoms with van der Waals surface area (Å²) in [6.07, 6.45) is 0.380. The highest BCUT2D eigenvalue weighted by atomic mass is 16.6. The van der Waals surface area contributed by atoms with Crippen molar-refractivity contribution in [1.29, 1.82) is 0 Å². The monoisotopic (exact) mass is 244 g/mol. The van der Waals surface area contributed by atoms with Gasteiger partial charge < -0.3 is 10.1 Å². The summed E-state index contributed by atoms with van der Waals surface area (Å²) in [6.45, 7) is 9.64. The molecule has 0 aliphatic heterocycles. The smallest absolute Gasteiger partial charge is 0.410 e. The van der Waals surface area contributed by atoms with Gasteiger partial charge in [0.15, 0.2) is 0 Å². The molecule has 0 saturated heterocycles. The lowest BCUT2D eigenvalue weighted by molar-refractivity contribution is -0.125. The van der Waals surface area contributed by atoms with Crippen LogP contribution in [0.1, 0.15) is 41.0 Å². The molecule has 1 atom stereocenters. The van der Waals surface area contributed by atoms with Gasteiger partial charge in [-0.05, 0) is 34.1 Å². The fraction of sp³-hybridized carbons (Fsp3) is 0.833. The van der Waals surface area contributed by atoms with Crippen LogP contribution in [0.2, 0.25) is 0 Å². The van der Waals surface area contributed by atoms with Crippen molar-refractivity contribution in [2.24, 2.45) is 0 Å². The van der Waals surface area contributed by atoms with Crippen LogP contribution in [0.15, 0.2) is 0 Å². The standard InChI is InChI=1S/C12H24N2O3/c1-7-8-13-10(15)9(2)14(6)11(16)17-12(3,4)5/h9H,7-8H2,1-6H3,(H,13,15)/t9-/m0/s1. The van der Waals surface area contributed by atoms with Crippen molar-refractivity contribution < 1.29 is 14.3 Å². The summed E-state index contributed by atoms with van der Waals surface area (Å²) in [5.41, 5.74) is -0.551. The minimum absolute atomic E-state index is 0.166. The fourth-order valence-electron chi connectivity index (χ4n) is 1.06. The number of carbonyl (C=O) groups is 2. The van der Waals surface area contributed by atoms with Crippen LogP contribution < -0.4 is 5.32 Å². The second-order valence-electron chi connectivity index (χ2n) is 5.06. The second-order valence-corrected chi connectivity index (χ2v) is 5.06. The molecule has 1 N–H and O–H groups in total. The topological polar surface area (TPSA) is 58.6 Å². The molecule has 0 rings (SSSR count). The average Bonchev–Trinajstić information content (AvgIpc) is 2.21. The molecule has 0 radical (unpaired) electrons. The van der Waals surface area contributed by atoms with Crippen LogP contribution >= 0.6 is 0 Å². The van der Waals surface area contributed by atoms with Crippen molar-refractivity contribution in [2.75, 3.05) is 13.6 Å². The molecule has 2 amide bonds. The van der Waals surface area contributed by atoms with E-state index < -0.39 is 17.7 Å². The Morgan fingerprint density at radius 1 is 1.35 bits per heavy atom. The van der Waals surface area contributed by atoms with E-state index in [1.54, 1.807) is 34.7 Å². The Hall–Kier alpha value is -1.26. The quantitative estimate of drug-likeness (QED) is 0.820. The largest absolute Gasteiger partial charge is 0.444 e. The van der Waals surface area contributed by atoms with Gasteiger partial charge in [0.2, 0.25) is 5.91 Å². The molecule has 17 heavy (non-hydrogen) atoms. The number of hydrogen-bond acceptors (Lipinski definition) is 3. The van der Waals surface area contributed by atoms with Gasteiger partial charge in [0.05, 0.1) is 0 Å². The number of carbonyl (C=O) groups excluding carboxylic acids is 2. The second kappa shape index (κ2) is 6.47. The first-order valence-corrected chi connectivity index (χ1v) is 5.92. The van der Waals surface area contributed by atoms with E-state index in [4.69, 9.17) is 4.74 Å². The van der Waals surface area contributed by atoms with Crippen LogP contribution in [-0.4, -0.2) is 42.1 Å². The Labute approximate surface area is 103 Å². The first-order chi connectivity index (χ1) is 7.69. The third-order valence-electron chi connectivity index (χ3n) is 2.19. The van der Waals surface area contributed by atoms with E-state index in [9.17, 15) is 9.59 Å². The molecule has 0 aromatic heterocycles. The van der Waals surface area contributed by atoms with Gasteiger partial charge in [-0.15, -0.1) is 0 Å². The third-order valence-corrected chi connectivity index (χ3v) is 2.19. The SMILES string of the molecule is CCCNC(=O)[C@H](C)N(C)C(=O)OC(C)(C)C. The zero-order valence-electron chi connectivity index (χ0n) is 11.7. The van der Waals surface area contributed by atoms with Gasteiger partial charge >= 0.3 is 6.09 Å². The number of hydrogen-bond donors (Lipinski definition) is 1. The van der Waals surface area contributed by atoms with E-state index in [0.717, 1.165) is 6.42 Å². The van der Waals surface area contributed by atoms with Crippen LogP contribution in [0.3, 0.4) is 0 Å². The zero-order valence-corrected chi connectivity index (χ0v) is 11.7. The number of rotatable bonds is 4. The maximum atomic E-state index is 11.7. The minimum atomic E-state index is -0.551. The minimum Gasteiger partial charge on any atom is -0.444 e. The summed E-state index contributed by atoms with van der Waals surface area (Å²) in [6, 6.07) is -0.531. The van der Waals surface area contributed by atoms with E-state index in [1.165, 1.54) is 4.90 Å². The van der Waals surface area contributed by atoms with E-state index >= 15 is 0 Å². The molecular weight excluding hydrogens is 220 g/mol. The van der Waals surface area contributed by atoms with Crippen molar-refractivity contribution >= 4 is 12.0 Å². The molecule has 0 heterocycles. The molecule has 100 valence electrons. The lowest BCUT2D eigenvalue weighted by atomic mass is 10.2. The van der Waals surface area contributed by atoms with E-state index in [0.29, 0.717) is 6.54 Å². The number of nitrogens with zero attached hydrogens (tertiary/aromatic N) is 1. The molecule has 0 fully saturated rings. The molecule has 0 saturated carbocycles. The molecule has 0 unspecified atom stereocenters. The molecule has 0 spiro atoms. The summed E-state index contributed by atoms with van der Waals surface area (Å²) < 4.78 is 5.18. The molecule has 5 heteroatoms. The molecule has 0 aliphatic rings. The molecule has 0 aromatic rings. The maximum absolute atomic E-state index is 11.7. The van der Waals surface area contributed by atoms with Gasteiger partial charge in [0, 0.05) is 13.6 Å². The molecule has 5 nitrogen and oxygen atoms in total. The zero-order chi connectivity index (χ0) is 13.6. The van der Waals surface area contributed by atoms with Crippen molar-refractivity contribution in [3.05, 3.63) is 0 Å². The lowest BCUT2D eigenvalue weighted by Crippen LogP contribution is -2.47. The van der Waals surface area contributed by atoms with Gasteiger partial charge in [-0.3, -0.25) is 9.69 Å². The predicted molar refractivity (Wildman–Crippen MR) is 66.8 cm³/mol. The number of ether oxygens (including phenoxy) is 1. The molecule has 0 bridgehead atoms. The Morgan fingerprint density at radius 3 is 2.29 bits per heavy atom. The highest BCUT2D eigenvalue weighted by Crippen LogP contribution is 2.10. The molecule has 0 aliphatic carbocycles. The summed E-state index contributed by atoms with van der Waals surface area (Å²) in [7, 11) is 1.56. The van der Waals surface area contributed by atoms with Crippen LogP contribution in [0.25, 0.3) is 0 Å². The van der Waals surface area contributed by atoms with E-state index in [2.05, 4.69) is 5.32 Å². The Morgan fingerprint density at radius 2 is 1.88 bits per heavy atom. The Balaban J connectivity index is 4.33.